The van der Waals surface area contributed by atoms with Gasteiger partial charge in [0.15, 0.2) is 0 Å². The Labute approximate surface area is 167 Å². The van der Waals surface area contributed by atoms with Gasteiger partial charge in [-0.05, 0) is 61.6 Å². The van der Waals surface area contributed by atoms with Crippen LogP contribution in [-0.4, -0.2) is 27.5 Å². The van der Waals surface area contributed by atoms with Crippen molar-refractivity contribution in [2.24, 2.45) is 0 Å². The van der Waals surface area contributed by atoms with E-state index in [1.54, 1.807) is 13.0 Å². The van der Waals surface area contributed by atoms with E-state index in [0.717, 1.165) is 29.7 Å². The molecule has 1 atom stereocenters. The van der Waals surface area contributed by atoms with Crippen LogP contribution in [0.3, 0.4) is 0 Å². The zero-order valence-electron chi connectivity index (χ0n) is 17.0. The van der Waals surface area contributed by atoms with Gasteiger partial charge in [-0.1, -0.05) is 32.0 Å². The van der Waals surface area contributed by atoms with Gasteiger partial charge in [0.2, 0.25) is 15.9 Å². The van der Waals surface area contributed by atoms with Crippen LogP contribution < -0.4 is 14.8 Å². The van der Waals surface area contributed by atoms with Gasteiger partial charge in [0.05, 0.1) is 18.0 Å². The maximum atomic E-state index is 12.7. The molecule has 0 fully saturated rings. The zero-order chi connectivity index (χ0) is 20.9. The molecule has 152 valence electrons. The number of aryl methyl sites for hydroxylation is 3. The Balaban J connectivity index is 2.19. The molecule has 0 saturated carbocycles. The smallest absolute Gasteiger partial charge is 0.242 e. The summed E-state index contributed by atoms with van der Waals surface area (Å²) in [6.45, 7) is 7.33. The van der Waals surface area contributed by atoms with E-state index < -0.39 is 22.0 Å². The molecule has 2 rings (SSSR count). The topological polar surface area (TPSA) is 84.5 Å². The van der Waals surface area contributed by atoms with Crippen molar-refractivity contribution in [3.8, 4) is 5.75 Å². The Kier molecular flexibility index (Phi) is 7.21. The van der Waals surface area contributed by atoms with E-state index in [9.17, 15) is 13.2 Å². The Hall–Kier alpha value is -2.38. The second kappa shape index (κ2) is 9.21. The maximum Gasteiger partial charge on any atom is 0.242 e. The summed E-state index contributed by atoms with van der Waals surface area (Å²) in [4.78, 5) is 12.8. The molecular weight excluding hydrogens is 376 g/mol. The molecule has 0 radical (unpaired) electrons. The fourth-order valence-electron chi connectivity index (χ4n) is 3.01. The first-order chi connectivity index (χ1) is 13.2. The Bertz CT molecular complexity index is 933. The molecule has 0 aromatic heterocycles. The summed E-state index contributed by atoms with van der Waals surface area (Å²) in [5.74, 6) is 0.206. The predicted octanol–water partition coefficient (Wildman–Crippen LogP) is 3.43. The Morgan fingerprint density at radius 2 is 1.71 bits per heavy atom. The first-order valence-electron chi connectivity index (χ1n) is 9.32. The van der Waals surface area contributed by atoms with Gasteiger partial charge in [0, 0.05) is 5.69 Å². The van der Waals surface area contributed by atoms with Crippen LogP contribution in [0, 0.1) is 6.92 Å². The molecule has 0 saturated heterocycles. The number of ether oxygens (including phenoxy) is 1. The average Bonchev–Trinajstić information content (AvgIpc) is 2.67. The normalized spacial score (nSPS) is 12.5. The minimum atomic E-state index is -3.84. The van der Waals surface area contributed by atoms with Gasteiger partial charge in [0.25, 0.3) is 0 Å². The number of nitrogens with one attached hydrogen (secondary N) is 2. The molecule has 2 aromatic rings. The lowest BCUT2D eigenvalue weighted by Gasteiger charge is -2.18. The molecule has 1 amide bonds. The number of para-hydroxylation sites is 1. The summed E-state index contributed by atoms with van der Waals surface area (Å²) in [6, 6.07) is 9.54. The first-order valence-corrected chi connectivity index (χ1v) is 10.8. The predicted molar refractivity (Wildman–Crippen MR) is 111 cm³/mol. The summed E-state index contributed by atoms with van der Waals surface area (Å²) in [5, 5.41) is 2.90. The lowest BCUT2D eigenvalue weighted by atomic mass is 10.0. The number of benzene rings is 2. The number of rotatable bonds is 8. The van der Waals surface area contributed by atoms with Gasteiger partial charge in [-0.3, -0.25) is 4.79 Å². The Morgan fingerprint density at radius 1 is 1.11 bits per heavy atom. The molecule has 7 heteroatoms. The molecule has 0 heterocycles. The third-order valence-corrected chi connectivity index (χ3v) is 6.19. The SMILES string of the molecule is CCc1cccc(CC)c1NC(=O)C(C)NS(=O)(=O)c1ccc(OC)c(C)c1. The number of anilines is 1. The van der Waals surface area contributed by atoms with Crippen molar-refractivity contribution in [1.29, 1.82) is 0 Å². The van der Waals surface area contributed by atoms with Crippen LogP contribution >= 0.6 is 0 Å². The second-order valence-corrected chi connectivity index (χ2v) is 8.34. The number of hydrogen-bond donors (Lipinski definition) is 2. The molecular formula is C21H28N2O4S. The van der Waals surface area contributed by atoms with Crippen LogP contribution in [0.4, 0.5) is 5.69 Å². The summed E-state index contributed by atoms with van der Waals surface area (Å²) in [5.41, 5.74) is 3.51. The average molecular weight is 405 g/mol. The Morgan fingerprint density at radius 3 is 2.21 bits per heavy atom. The number of methoxy groups -OCH3 is 1. The van der Waals surface area contributed by atoms with Gasteiger partial charge in [-0.15, -0.1) is 0 Å². The van der Waals surface area contributed by atoms with E-state index in [4.69, 9.17) is 4.74 Å². The van der Waals surface area contributed by atoms with Gasteiger partial charge >= 0.3 is 0 Å². The van der Waals surface area contributed by atoms with Crippen molar-refractivity contribution in [2.75, 3.05) is 12.4 Å². The van der Waals surface area contributed by atoms with Crippen molar-refractivity contribution in [3.05, 3.63) is 53.1 Å². The fourth-order valence-corrected chi connectivity index (χ4v) is 4.29. The van der Waals surface area contributed by atoms with Gasteiger partial charge < -0.3 is 10.1 Å². The third-order valence-electron chi connectivity index (χ3n) is 4.65. The van der Waals surface area contributed by atoms with Gasteiger partial charge in [-0.25, -0.2) is 8.42 Å². The molecule has 2 aromatic carbocycles. The first kappa shape index (κ1) is 21.9. The number of amides is 1. The second-order valence-electron chi connectivity index (χ2n) is 6.62. The van der Waals surface area contributed by atoms with E-state index in [-0.39, 0.29) is 4.90 Å². The van der Waals surface area contributed by atoms with Crippen molar-refractivity contribution in [1.82, 2.24) is 4.72 Å². The molecule has 1 unspecified atom stereocenters. The van der Waals surface area contributed by atoms with Crippen LogP contribution in [0.25, 0.3) is 0 Å². The monoisotopic (exact) mass is 404 g/mol. The highest BCUT2D eigenvalue weighted by Gasteiger charge is 2.23. The van der Waals surface area contributed by atoms with Gasteiger partial charge in [-0.2, -0.15) is 4.72 Å². The van der Waals surface area contributed by atoms with E-state index in [1.165, 1.54) is 26.2 Å². The molecule has 0 bridgehead atoms. The highest BCUT2D eigenvalue weighted by atomic mass is 32.2. The highest BCUT2D eigenvalue weighted by Crippen LogP contribution is 2.24. The van der Waals surface area contributed by atoms with Crippen LogP contribution in [-0.2, 0) is 27.7 Å². The van der Waals surface area contributed by atoms with Crippen molar-refractivity contribution >= 4 is 21.6 Å². The number of carbonyl (C=O) groups is 1. The fraction of sp³-hybridized carbons (Fsp3) is 0.381. The number of carbonyl (C=O) groups excluding carboxylic acids is 1. The molecule has 0 spiro atoms. The molecule has 2 N–H and O–H groups in total. The number of hydrogen-bond acceptors (Lipinski definition) is 4. The van der Waals surface area contributed by atoms with Gasteiger partial charge in [0.1, 0.15) is 5.75 Å². The minimum Gasteiger partial charge on any atom is -0.496 e. The summed E-state index contributed by atoms with van der Waals surface area (Å²) in [7, 11) is -2.31. The van der Waals surface area contributed by atoms with E-state index >= 15 is 0 Å². The van der Waals surface area contributed by atoms with Crippen LogP contribution in [0.2, 0.25) is 0 Å². The molecule has 6 nitrogen and oxygen atoms in total. The van der Waals surface area contributed by atoms with E-state index in [2.05, 4.69) is 10.0 Å². The molecule has 0 aliphatic rings. The van der Waals surface area contributed by atoms with Crippen molar-refractivity contribution in [3.63, 3.8) is 0 Å². The van der Waals surface area contributed by atoms with Crippen molar-refractivity contribution < 1.29 is 17.9 Å². The molecule has 0 aliphatic carbocycles. The van der Waals surface area contributed by atoms with Crippen LogP contribution in [0.15, 0.2) is 41.3 Å². The quantitative estimate of drug-likeness (QED) is 0.706. The number of sulfonamides is 1. The standard InChI is InChI=1S/C21H28N2O4S/c1-6-16-9-8-10-17(7-2)20(16)22-21(24)15(4)23-28(25,26)18-11-12-19(27-5)14(3)13-18/h8-13,15,23H,6-7H2,1-5H3,(H,22,24). The largest absolute Gasteiger partial charge is 0.496 e. The summed E-state index contributed by atoms with van der Waals surface area (Å²) in [6.07, 6.45) is 1.55. The lowest BCUT2D eigenvalue weighted by molar-refractivity contribution is -0.117. The summed E-state index contributed by atoms with van der Waals surface area (Å²) >= 11 is 0. The lowest BCUT2D eigenvalue weighted by Crippen LogP contribution is -2.41. The van der Waals surface area contributed by atoms with Crippen LogP contribution in [0.1, 0.15) is 37.5 Å². The van der Waals surface area contributed by atoms with Crippen molar-refractivity contribution in [2.45, 2.75) is 51.5 Å². The summed E-state index contributed by atoms with van der Waals surface area (Å²) < 4.78 is 32.9. The molecule has 0 aliphatic heterocycles. The molecule has 28 heavy (non-hydrogen) atoms. The van der Waals surface area contributed by atoms with E-state index in [1.807, 2.05) is 32.0 Å². The maximum absolute atomic E-state index is 12.7. The van der Waals surface area contributed by atoms with E-state index in [0.29, 0.717) is 11.3 Å². The minimum absolute atomic E-state index is 0.0913. The zero-order valence-corrected chi connectivity index (χ0v) is 17.8. The van der Waals surface area contributed by atoms with Crippen LogP contribution in [0.5, 0.6) is 5.75 Å². The third kappa shape index (κ3) is 4.91. The highest BCUT2D eigenvalue weighted by molar-refractivity contribution is 7.89.